The number of hydrogen-bond donors (Lipinski definition) is 2. The van der Waals surface area contributed by atoms with Gasteiger partial charge in [0.2, 0.25) is 5.95 Å². The summed E-state index contributed by atoms with van der Waals surface area (Å²) < 4.78 is 1.77. The molecule has 1 aromatic heterocycles. The Bertz CT molecular complexity index is 1250. The number of nitrogens with one attached hydrogen (secondary N) is 2. The second-order valence-electron chi connectivity index (χ2n) is 7.09. The molecule has 1 aliphatic heterocycles. The predicted molar refractivity (Wildman–Crippen MR) is 122 cm³/mol. The minimum absolute atomic E-state index is 0.182. The molecule has 31 heavy (non-hydrogen) atoms. The van der Waals surface area contributed by atoms with Crippen molar-refractivity contribution in [1.29, 1.82) is 0 Å². The van der Waals surface area contributed by atoms with E-state index in [2.05, 4.69) is 26.8 Å². The number of nitrogens with zero attached hydrogens (tertiary/aromatic N) is 3. The summed E-state index contributed by atoms with van der Waals surface area (Å²) in [6, 6.07) is 26.4. The summed E-state index contributed by atoms with van der Waals surface area (Å²) in [6.07, 6.45) is 2.09. The lowest BCUT2D eigenvalue weighted by Crippen LogP contribution is -2.20. The zero-order valence-corrected chi connectivity index (χ0v) is 17.1. The van der Waals surface area contributed by atoms with E-state index >= 15 is 0 Å². The minimum Gasteiger partial charge on any atom is -0.324 e. The first-order valence-corrected chi connectivity index (χ1v) is 10.2. The number of hydrogen-bond acceptors (Lipinski definition) is 4. The molecule has 1 amide bonds. The van der Waals surface area contributed by atoms with Gasteiger partial charge in [0.25, 0.3) is 11.9 Å². The summed E-state index contributed by atoms with van der Waals surface area (Å²) in [4.78, 5) is 17.1. The molecule has 1 atom stereocenters. The van der Waals surface area contributed by atoms with Gasteiger partial charge in [0.1, 0.15) is 6.04 Å². The summed E-state index contributed by atoms with van der Waals surface area (Å²) in [5.41, 5.74) is 3.48. The summed E-state index contributed by atoms with van der Waals surface area (Å²) >= 11 is 6.05. The van der Waals surface area contributed by atoms with E-state index in [0.717, 1.165) is 16.8 Å². The molecule has 0 aliphatic carbocycles. The van der Waals surface area contributed by atoms with Crippen molar-refractivity contribution in [3.05, 3.63) is 113 Å². The molecule has 6 nitrogen and oxygen atoms in total. The summed E-state index contributed by atoms with van der Waals surface area (Å²) in [5.74, 6) is 0.526. The van der Waals surface area contributed by atoms with Gasteiger partial charge in [0.15, 0.2) is 0 Å². The number of anilines is 2. The molecule has 0 unspecified atom stereocenters. The lowest BCUT2D eigenvalue weighted by atomic mass is 10.0. The van der Waals surface area contributed by atoms with Crippen molar-refractivity contribution >= 4 is 35.1 Å². The number of rotatable bonds is 4. The van der Waals surface area contributed by atoms with Gasteiger partial charge in [-0.25, -0.2) is 4.68 Å². The number of carbonyl (C=O) groups is 1. The highest BCUT2D eigenvalue weighted by atomic mass is 35.5. The molecule has 2 heterocycles. The lowest BCUT2D eigenvalue weighted by molar-refractivity contribution is 0.102. The average Bonchev–Trinajstić information content (AvgIpc) is 3.22. The van der Waals surface area contributed by atoms with E-state index in [0.29, 0.717) is 16.5 Å². The fraction of sp³-hybridized carbons (Fsp3) is 0.0417. The first-order valence-electron chi connectivity index (χ1n) is 9.80. The molecule has 7 heteroatoms. The number of allylic oxidation sites excluding steroid dienone is 1. The van der Waals surface area contributed by atoms with Gasteiger partial charge in [0, 0.05) is 16.3 Å². The van der Waals surface area contributed by atoms with Crippen molar-refractivity contribution in [2.45, 2.75) is 6.04 Å². The van der Waals surface area contributed by atoms with Crippen LogP contribution in [0.15, 0.2) is 91.0 Å². The SMILES string of the molecule is O=C(Nc1nc2n(n1)[C@H](c1ccccc1)C=C(c1ccc(Cl)cc1)N2)c1ccccc1. The molecule has 0 radical (unpaired) electrons. The van der Waals surface area contributed by atoms with Crippen molar-refractivity contribution in [3.63, 3.8) is 0 Å². The largest absolute Gasteiger partial charge is 0.324 e. The van der Waals surface area contributed by atoms with Crippen LogP contribution in [0.3, 0.4) is 0 Å². The Morgan fingerprint density at radius 1 is 0.935 bits per heavy atom. The van der Waals surface area contributed by atoms with Crippen molar-refractivity contribution < 1.29 is 4.79 Å². The Kier molecular flexibility index (Phi) is 4.98. The maximum absolute atomic E-state index is 12.5. The third-order valence-corrected chi connectivity index (χ3v) is 5.28. The van der Waals surface area contributed by atoms with E-state index in [1.807, 2.05) is 72.8 Å². The molecule has 3 aromatic carbocycles. The topological polar surface area (TPSA) is 71.8 Å². The van der Waals surface area contributed by atoms with Crippen LogP contribution in [-0.2, 0) is 0 Å². The number of halogens is 1. The molecule has 0 saturated carbocycles. The van der Waals surface area contributed by atoms with Gasteiger partial charge in [-0.15, -0.1) is 5.10 Å². The molecule has 152 valence electrons. The number of fused-ring (bicyclic) bond motifs is 1. The van der Waals surface area contributed by atoms with E-state index < -0.39 is 0 Å². The van der Waals surface area contributed by atoms with Crippen LogP contribution in [0.5, 0.6) is 0 Å². The van der Waals surface area contributed by atoms with Crippen LogP contribution in [0, 0.1) is 0 Å². The Labute approximate surface area is 184 Å². The Balaban J connectivity index is 1.51. The van der Waals surface area contributed by atoms with Gasteiger partial charge < -0.3 is 5.32 Å². The van der Waals surface area contributed by atoms with Gasteiger partial charge in [0.05, 0.1) is 0 Å². The fourth-order valence-corrected chi connectivity index (χ4v) is 3.62. The molecule has 0 saturated heterocycles. The molecule has 2 N–H and O–H groups in total. The fourth-order valence-electron chi connectivity index (χ4n) is 3.49. The molecule has 0 spiro atoms. The summed E-state index contributed by atoms with van der Waals surface area (Å²) in [7, 11) is 0. The average molecular weight is 428 g/mol. The highest BCUT2D eigenvalue weighted by Gasteiger charge is 2.25. The standard InChI is InChI=1S/C24H18ClN5O/c25-19-13-11-16(12-14-19)20-15-21(17-7-3-1-4-8-17)30-24(26-20)28-23(29-30)27-22(31)18-9-5-2-6-10-18/h1-15,21H,(H2,26,27,28,29,31)/t21-/m0/s1. The predicted octanol–water partition coefficient (Wildman–Crippen LogP) is 5.24. The third kappa shape index (κ3) is 3.93. The number of amides is 1. The second kappa shape index (κ2) is 8.08. The molecule has 0 bridgehead atoms. The van der Waals surface area contributed by atoms with Crippen molar-refractivity contribution in [2.75, 3.05) is 10.6 Å². The maximum atomic E-state index is 12.5. The first kappa shape index (κ1) is 19.1. The number of carbonyl (C=O) groups excluding carboxylic acids is 1. The molecule has 0 fully saturated rings. The van der Waals surface area contributed by atoms with E-state index in [4.69, 9.17) is 11.6 Å². The van der Waals surface area contributed by atoms with Crippen LogP contribution < -0.4 is 10.6 Å². The Morgan fingerprint density at radius 2 is 1.61 bits per heavy atom. The highest BCUT2D eigenvalue weighted by molar-refractivity contribution is 6.30. The lowest BCUT2D eigenvalue weighted by Gasteiger charge is -2.24. The van der Waals surface area contributed by atoms with E-state index in [1.54, 1.807) is 16.8 Å². The van der Waals surface area contributed by atoms with E-state index in [-0.39, 0.29) is 17.9 Å². The molecule has 5 rings (SSSR count). The van der Waals surface area contributed by atoms with Crippen molar-refractivity contribution in [3.8, 4) is 0 Å². The highest BCUT2D eigenvalue weighted by Crippen LogP contribution is 2.33. The monoisotopic (exact) mass is 427 g/mol. The second-order valence-corrected chi connectivity index (χ2v) is 7.53. The third-order valence-electron chi connectivity index (χ3n) is 5.02. The molecular weight excluding hydrogens is 410 g/mol. The van der Waals surface area contributed by atoms with Crippen LogP contribution in [0.1, 0.15) is 27.5 Å². The minimum atomic E-state index is -0.259. The first-order chi connectivity index (χ1) is 15.2. The maximum Gasteiger partial charge on any atom is 0.258 e. The van der Waals surface area contributed by atoms with Gasteiger partial charge in [-0.3, -0.25) is 10.1 Å². The van der Waals surface area contributed by atoms with E-state index in [9.17, 15) is 4.79 Å². The van der Waals surface area contributed by atoms with Crippen LogP contribution in [0.2, 0.25) is 5.02 Å². The summed E-state index contributed by atoms with van der Waals surface area (Å²) in [5, 5.41) is 11.3. The van der Waals surface area contributed by atoms with Gasteiger partial charge >= 0.3 is 0 Å². The van der Waals surface area contributed by atoms with Crippen LogP contribution >= 0.6 is 11.6 Å². The zero-order chi connectivity index (χ0) is 21.2. The zero-order valence-electron chi connectivity index (χ0n) is 16.4. The van der Waals surface area contributed by atoms with Crippen molar-refractivity contribution in [2.24, 2.45) is 0 Å². The number of aromatic nitrogens is 3. The molecule has 4 aromatic rings. The van der Waals surface area contributed by atoms with Gasteiger partial charge in [-0.1, -0.05) is 72.3 Å². The van der Waals surface area contributed by atoms with Gasteiger partial charge in [-0.05, 0) is 41.5 Å². The molecular formula is C24H18ClN5O. The van der Waals surface area contributed by atoms with Crippen molar-refractivity contribution in [1.82, 2.24) is 14.8 Å². The van der Waals surface area contributed by atoms with Gasteiger partial charge in [-0.2, -0.15) is 4.98 Å². The molecule has 1 aliphatic rings. The quantitative estimate of drug-likeness (QED) is 0.467. The van der Waals surface area contributed by atoms with Crippen LogP contribution in [0.25, 0.3) is 5.70 Å². The summed E-state index contributed by atoms with van der Waals surface area (Å²) in [6.45, 7) is 0. The van der Waals surface area contributed by atoms with Crippen LogP contribution in [-0.4, -0.2) is 20.7 Å². The Hall–Kier alpha value is -3.90. The van der Waals surface area contributed by atoms with Crippen LogP contribution in [0.4, 0.5) is 11.9 Å². The smallest absolute Gasteiger partial charge is 0.258 e. The van der Waals surface area contributed by atoms with E-state index in [1.165, 1.54) is 0 Å². The normalized spacial score (nSPS) is 14.9. The Morgan fingerprint density at radius 3 is 2.32 bits per heavy atom. The number of benzene rings is 3.